The summed E-state index contributed by atoms with van der Waals surface area (Å²) in [7, 11) is 1.75. The normalized spacial score (nSPS) is 24.7. The van der Waals surface area contributed by atoms with Gasteiger partial charge in [-0.1, -0.05) is 42.5 Å². The van der Waals surface area contributed by atoms with Gasteiger partial charge in [0, 0.05) is 86.5 Å². The molecule has 0 aliphatic carbocycles. The standard InChI is InChI=1S/C45H50N6O7/c1-45-26-49(20-21-51(45)37-14-12-36(47-44(37)58-27-45)42(54)46-35-13-15-40(53)48-43(35)55)24-28-16-18-50(19-17-28)30-8-10-32(38(22-30)56-2)41-33-11-9-31(52)23-39(33)57-25-34(41)29-6-4-3-5-7-29/h3-12,14,22-23,28,34-35,41,52H,13,15-21,24-27H2,1-2H3,(H,46,54)(H,48,53,55)/t34-,35?,41-,45-/m1/s1. The third-order valence-corrected chi connectivity index (χ3v) is 12.7. The maximum atomic E-state index is 13.0. The van der Waals surface area contributed by atoms with Crippen molar-refractivity contribution in [3.8, 4) is 23.1 Å². The molecule has 4 aromatic rings. The molecule has 0 radical (unpaired) electrons. The maximum absolute atomic E-state index is 13.0. The van der Waals surface area contributed by atoms with Gasteiger partial charge in [-0.05, 0) is 61.9 Å². The molecule has 3 aromatic carbocycles. The second-order valence-electron chi connectivity index (χ2n) is 16.6. The number of fused-ring (bicyclic) bond motifs is 4. The monoisotopic (exact) mass is 786 g/mol. The molecule has 6 heterocycles. The highest BCUT2D eigenvalue weighted by molar-refractivity contribution is 6.03. The summed E-state index contributed by atoms with van der Waals surface area (Å²) in [5, 5.41) is 15.2. The molecule has 5 aliphatic heterocycles. The zero-order chi connectivity index (χ0) is 40.0. The summed E-state index contributed by atoms with van der Waals surface area (Å²) >= 11 is 0. The van der Waals surface area contributed by atoms with Crippen molar-refractivity contribution in [1.82, 2.24) is 20.5 Å². The number of aromatic hydroxyl groups is 1. The molecule has 5 aliphatic rings. The number of ether oxygens (including phenoxy) is 3. The van der Waals surface area contributed by atoms with Crippen LogP contribution in [0.2, 0.25) is 0 Å². The number of phenolic OH excluding ortho intramolecular Hbond substituents is 1. The van der Waals surface area contributed by atoms with Crippen LogP contribution >= 0.6 is 0 Å². The number of methoxy groups -OCH3 is 1. The maximum Gasteiger partial charge on any atom is 0.270 e. The van der Waals surface area contributed by atoms with Crippen LogP contribution in [0.15, 0.2) is 78.9 Å². The van der Waals surface area contributed by atoms with E-state index in [1.165, 1.54) is 5.56 Å². The minimum atomic E-state index is -0.768. The highest BCUT2D eigenvalue weighted by atomic mass is 16.5. The van der Waals surface area contributed by atoms with Crippen LogP contribution in [0, 0.1) is 5.92 Å². The predicted octanol–water partition coefficient (Wildman–Crippen LogP) is 4.83. The van der Waals surface area contributed by atoms with Gasteiger partial charge in [0.25, 0.3) is 5.91 Å². The predicted molar refractivity (Wildman–Crippen MR) is 218 cm³/mol. The first-order chi connectivity index (χ1) is 28.2. The molecule has 302 valence electrons. The Hall–Kier alpha value is -5.82. The summed E-state index contributed by atoms with van der Waals surface area (Å²) < 4.78 is 18.5. The first-order valence-electron chi connectivity index (χ1n) is 20.4. The topological polar surface area (TPSA) is 146 Å². The van der Waals surface area contributed by atoms with Gasteiger partial charge in [-0.2, -0.15) is 0 Å². The van der Waals surface area contributed by atoms with E-state index in [4.69, 9.17) is 14.2 Å². The number of hydrogen-bond acceptors (Lipinski definition) is 11. The highest BCUT2D eigenvalue weighted by Crippen LogP contribution is 2.50. The molecule has 3 saturated heterocycles. The van der Waals surface area contributed by atoms with Gasteiger partial charge in [-0.25, -0.2) is 4.98 Å². The second-order valence-corrected chi connectivity index (χ2v) is 16.6. The lowest BCUT2D eigenvalue weighted by molar-refractivity contribution is -0.134. The van der Waals surface area contributed by atoms with Crippen molar-refractivity contribution >= 4 is 29.1 Å². The van der Waals surface area contributed by atoms with Crippen molar-refractivity contribution in [1.29, 1.82) is 0 Å². The smallest absolute Gasteiger partial charge is 0.270 e. The fraction of sp³-hybridized carbons (Fsp3) is 0.422. The Morgan fingerprint density at radius 1 is 0.966 bits per heavy atom. The Bertz CT molecular complexity index is 2210. The van der Waals surface area contributed by atoms with Crippen LogP contribution in [0.4, 0.5) is 11.4 Å². The van der Waals surface area contributed by atoms with Gasteiger partial charge in [0.1, 0.15) is 41.3 Å². The molecular weight excluding hydrogens is 737 g/mol. The number of nitrogens with zero attached hydrogens (tertiary/aromatic N) is 4. The molecule has 1 aromatic heterocycles. The van der Waals surface area contributed by atoms with Gasteiger partial charge >= 0.3 is 0 Å². The molecular formula is C45H50N6O7. The molecule has 0 bridgehead atoms. The van der Waals surface area contributed by atoms with Crippen molar-refractivity contribution in [3.63, 3.8) is 0 Å². The third kappa shape index (κ3) is 7.27. The van der Waals surface area contributed by atoms with E-state index in [1.807, 2.05) is 18.2 Å². The van der Waals surface area contributed by atoms with Gasteiger partial charge in [0.05, 0.1) is 19.3 Å². The van der Waals surface area contributed by atoms with Crippen LogP contribution in [-0.4, -0.2) is 104 Å². The van der Waals surface area contributed by atoms with E-state index in [0.29, 0.717) is 30.8 Å². The quantitative estimate of drug-likeness (QED) is 0.211. The molecule has 0 saturated carbocycles. The van der Waals surface area contributed by atoms with Crippen LogP contribution in [-0.2, 0) is 9.59 Å². The molecule has 9 rings (SSSR count). The minimum absolute atomic E-state index is 0.000964. The number of piperazine rings is 1. The Labute approximate surface area is 338 Å². The largest absolute Gasteiger partial charge is 0.508 e. The third-order valence-electron chi connectivity index (χ3n) is 12.7. The van der Waals surface area contributed by atoms with Crippen molar-refractivity contribution in [2.75, 3.05) is 69.4 Å². The minimum Gasteiger partial charge on any atom is -0.508 e. The molecule has 13 nitrogen and oxygen atoms in total. The Balaban J connectivity index is 0.825. The fourth-order valence-corrected chi connectivity index (χ4v) is 9.67. The lowest BCUT2D eigenvalue weighted by Crippen LogP contribution is -2.65. The van der Waals surface area contributed by atoms with Crippen LogP contribution in [0.25, 0.3) is 0 Å². The number of nitrogens with one attached hydrogen (secondary N) is 2. The zero-order valence-electron chi connectivity index (χ0n) is 33.0. The van der Waals surface area contributed by atoms with E-state index in [2.05, 4.69) is 79.7 Å². The molecule has 1 unspecified atom stereocenters. The number of piperidine rings is 2. The second kappa shape index (κ2) is 15.5. The van der Waals surface area contributed by atoms with Gasteiger partial charge in [0.2, 0.25) is 17.7 Å². The van der Waals surface area contributed by atoms with E-state index >= 15 is 0 Å². The van der Waals surface area contributed by atoms with E-state index in [0.717, 1.165) is 80.4 Å². The summed E-state index contributed by atoms with van der Waals surface area (Å²) in [6, 6.07) is 25.4. The summed E-state index contributed by atoms with van der Waals surface area (Å²) in [5.41, 5.74) is 5.33. The zero-order valence-corrected chi connectivity index (χ0v) is 33.0. The summed E-state index contributed by atoms with van der Waals surface area (Å²) in [6.07, 6.45) is 2.65. The summed E-state index contributed by atoms with van der Waals surface area (Å²) in [4.78, 5) is 48.6. The first-order valence-corrected chi connectivity index (χ1v) is 20.4. The fourth-order valence-electron chi connectivity index (χ4n) is 9.67. The molecule has 3 N–H and O–H groups in total. The number of hydrogen-bond donors (Lipinski definition) is 3. The van der Waals surface area contributed by atoms with Crippen molar-refractivity contribution in [2.24, 2.45) is 5.92 Å². The summed E-state index contributed by atoms with van der Waals surface area (Å²) in [5.74, 6) is 1.56. The van der Waals surface area contributed by atoms with Crippen LogP contribution in [0.3, 0.4) is 0 Å². The summed E-state index contributed by atoms with van der Waals surface area (Å²) in [6.45, 7) is 8.77. The number of amides is 3. The number of imide groups is 1. The number of aromatic nitrogens is 1. The van der Waals surface area contributed by atoms with Crippen molar-refractivity contribution < 1.29 is 33.7 Å². The SMILES string of the molecule is COc1cc(N2CCC(CN3CCN4c5ccc(C(=O)NC6CCC(=O)NC6=O)nc5OC[C@@]4(C)C3)CC2)ccc1[C@@H]1c2ccc(O)cc2OC[C@@H]1c1ccccc1. The number of benzene rings is 3. The van der Waals surface area contributed by atoms with Gasteiger partial charge in [0.15, 0.2) is 0 Å². The molecule has 4 atom stereocenters. The molecule has 3 fully saturated rings. The van der Waals surface area contributed by atoms with E-state index in [1.54, 1.807) is 25.3 Å². The van der Waals surface area contributed by atoms with Crippen LogP contribution in [0.1, 0.15) is 71.6 Å². The van der Waals surface area contributed by atoms with Gasteiger partial charge < -0.3 is 34.4 Å². The van der Waals surface area contributed by atoms with E-state index < -0.39 is 17.9 Å². The molecule has 13 heteroatoms. The molecule has 0 spiro atoms. The molecule has 58 heavy (non-hydrogen) atoms. The van der Waals surface area contributed by atoms with Gasteiger partial charge in [-0.15, -0.1) is 0 Å². The number of carbonyl (C=O) groups excluding carboxylic acids is 3. The first kappa shape index (κ1) is 37.7. The Kier molecular flexibility index (Phi) is 10.1. The molecule has 3 amide bonds. The number of phenols is 1. The van der Waals surface area contributed by atoms with Gasteiger partial charge in [-0.3, -0.25) is 24.6 Å². The number of carbonyl (C=O) groups is 3. The number of pyridine rings is 1. The van der Waals surface area contributed by atoms with Crippen molar-refractivity contribution in [2.45, 2.75) is 56.0 Å². The van der Waals surface area contributed by atoms with Crippen LogP contribution < -0.4 is 34.6 Å². The van der Waals surface area contributed by atoms with E-state index in [-0.39, 0.29) is 47.6 Å². The number of rotatable bonds is 8. The lowest BCUT2D eigenvalue weighted by Gasteiger charge is -2.52. The Morgan fingerprint density at radius 2 is 1.78 bits per heavy atom. The lowest BCUT2D eigenvalue weighted by atomic mass is 9.75. The average Bonchev–Trinajstić information content (AvgIpc) is 3.24. The number of anilines is 2. The van der Waals surface area contributed by atoms with E-state index in [9.17, 15) is 19.5 Å². The average molecular weight is 787 g/mol. The Morgan fingerprint density at radius 3 is 2.57 bits per heavy atom. The highest BCUT2D eigenvalue weighted by Gasteiger charge is 2.44. The van der Waals surface area contributed by atoms with Crippen LogP contribution in [0.5, 0.6) is 23.1 Å². The van der Waals surface area contributed by atoms with Crippen molar-refractivity contribution in [3.05, 3.63) is 101 Å².